The molecule has 78 valence electrons. The number of hydrogen-bond acceptors (Lipinski definition) is 2. The Bertz CT molecular complexity index is 295. The smallest absolute Gasteiger partial charge is 0.125 e. The fraction of sp³-hybridized carbons (Fsp3) is 0.500. The molecule has 0 saturated carbocycles. The van der Waals surface area contributed by atoms with Crippen molar-refractivity contribution in [3.63, 3.8) is 0 Å². The number of rotatable bonds is 3. The molecule has 0 bridgehead atoms. The van der Waals surface area contributed by atoms with Gasteiger partial charge in [-0.05, 0) is 43.0 Å². The van der Waals surface area contributed by atoms with Crippen molar-refractivity contribution in [3.8, 4) is 5.75 Å². The summed E-state index contributed by atoms with van der Waals surface area (Å²) in [6.07, 6.45) is 0. The van der Waals surface area contributed by atoms with Gasteiger partial charge < -0.3 is 4.74 Å². The van der Waals surface area contributed by atoms with E-state index in [1.54, 1.807) is 0 Å². The Morgan fingerprint density at radius 2 is 1.71 bits per heavy atom. The minimum Gasteiger partial charge on any atom is -0.493 e. The molecule has 0 aliphatic heterocycles. The molecule has 0 radical (unpaired) electrons. The topological polar surface area (TPSA) is 9.23 Å². The second kappa shape index (κ2) is 4.74. The first-order valence-electron chi connectivity index (χ1n) is 4.93. The lowest BCUT2D eigenvalue weighted by molar-refractivity contribution is 0.267. The summed E-state index contributed by atoms with van der Waals surface area (Å²) in [6, 6.07) is 4.07. The van der Waals surface area contributed by atoms with Gasteiger partial charge in [-0.15, -0.1) is 12.6 Å². The minimum absolute atomic E-state index is 0.560. The molecule has 1 nitrogen and oxygen atoms in total. The summed E-state index contributed by atoms with van der Waals surface area (Å²) < 4.78 is 5.75. The van der Waals surface area contributed by atoms with Crippen molar-refractivity contribution < 1.29 is 4.74 Å². The van der Waals surface area contributed by atoms with Crippen LogP contribution >= 0.6 is 12.6 Å². The summed E-state index contributed by atoms with van der Waals surface area (Å²) in [5.74, 6) is 1.57. The Kier molecular flexibility index (Phi) is 3.87. The summed E-state index contributed by atoms with van der Waals surface area (Å²) in [5, 5.41) is 0. The van der Waals surface area contributed by atoms with Gasteiger partial charge in [-0.1, -0.05) is 13.8 Å². The quantitative estimate of drug-likeness (QED) is 0.750. The van der Waals surface area contributed by atoms with Gasteiger partial charge in [-0.2, -0.15) is 0 Å². The second-order valence-corrected chi connectivity index (χ2v) is 4.63. The van der Waals surface area contributed by atoms with Gasteiger partial charge in [0.25, 0.3) is 0 Å². The zero-order chi connectivity index (χ0) is 10.7. The molecule has 0 fully saturated rings. The lowest BCUT2D eigenvalue weighted by Gasteiger charge is -2.14. The molecule has 14 heavy (non-hydrogen) atoms. The zero-order valence-electron chi connectivity index (χ0n) is 9.29. The molecule has 1 aromatic rings. The number of aryl methyl sites for hydroxylation is 2. The zero-order valence-corrected chi connectivity index (χ0v) is 10.2. The summed E-state index contributed by atoms with van der Waals surface area (Å²) in [6.45, 7) is 9.19. The Morgan fingerprint density at radius 3 is 2.14 bits per heavy atom. The third-order valence-electron chi connectivity index (χ3n) is 2.01. The van der Waals surface area contributed by atoms with Crippen molar-refractivity contribution in [1.29, 1.82) is 0 Å². The molecule has 0 amide bonds. The molecule has 0 saturated heterocycles. The normalized spacial score (nSPS) is 10.7. The van der Waals surface area contributed by atoms with E-state index in [0.29, 0.717) is 5.92 Å². The van der Waals surface area contributed by atoms with E-state index in [4.69, 9.17) is 4.74 Å². The van der Waals surface area contributed by atoms with Crippen LogP contribution in [-0.2, 0) is 0 Å². The fourth-order valence-corrected chi connectivity index (χ4v) is 1.79. The highest BCUT2D eigenvalue weighted by molar-refractivity contribution is 7.80. The predicted octanol–water partition coefficient (Wildman–Crippen LogP) is 3.63. The number of thiol groups is 1. The van der Waals surface area contributed by atoms with Crippen molar-refractivity contribution in [2.45, 2.75) is 32.6 Å². The van der Waals surface area contributed by atoms with Crippen LogP contribution in [0, 0.1) is 19.8 Å². The Morgan fingerprint density at radius 1 is 1.21 bits per heavy atom. The molecule has 0 N–H and O–H groups in total. The minimum atomic E-state index is 0.560. The van der Waals surface area contributed by atoms with Gasteiger partial charge in [0.15, 0.2) is 0 Å². The first kappa shape index (κ1) is 11.4. The maximum absolute atomic E-state index is 5.75. The number of ether oxygens (including phenoxy) is 1. The average molecular weight is 210 g/mol. The van der Waals surface area contributed by atoms with Crippen molar-refractivity contribution in [2.24, 2.45) is 5.92 Å². The highest BCUT2D eigenvalue weighted by atomic mass is 32.1. The predicted molar refractivity (Wildman–Crippen MR) is 63.5 cm³/mol. The first-order chi connectivity index (χ1) is 6.50. The molecule has 0 unspecified atom stereocenters. The van der Waals surface area contributed by atoms with E-state index < -0.39 is 0 Å². The van der Waals surface area contributed by atoms with Crippen LogP contribution in [0.15, 0.2) is 17.0 Å². The first-order valence-corrected chi connectivity index (χ1v) is 5.38. The van der Waals surface area contributed by atoms with Gasteiger partial charge in [-0.25, -0.2) is 0 Å². The van der Waals surface area contributed by atoms with Gasteiger partial charge in [-0.3, -0.25) is 0 Å². The van der Waals surface area contributed by atoms with E-state index in [9.17, 15) is 0 Å². The molecule has 2 heteroatoms. The standard InChI is InChI=1S/C12H18OS/c1-8(2)7-13-12-9(3)5-11(14)6-10(12)4/h5-6,8,14H,7H2,1-4H3. The molecule has 1 rings (SSSR count). The number of benzene rings is 1. The molecule has 0 aliphatic carbocycles. The van der Waals surface area contributed by atoms with E-state index >= 15 is 0 Å². The molecular weight excluding hydrogens is 192 g/mol. The van der Waals surface area contributed by atoms with Crippen LogP contribution in [0.1, 0.15) is 25.0 Å². The van der Waals surface area contributed by atoms with Crippen LogP contribution in [-0.4, -0.2) is 6.61 Å². The molecule has 0 atom stereocenters. The van der Waals surface area contributed by atoms with Crippen LogP contribution in [0.4, 0.5) is 0 Å². The van der Waals surface area contributed by atoms with Crippen molar-refractivity contribution in [3.05, 3.63) is 23.3 Å². The maximum Gasteiger partial charge on any atom is 0.125 e. The van der Waals surface area contributed by atoms with Gasteiger partial charge >= 0.3 is 0 Å². The molecule has 0 aliphatic rings. The second-order valence-electron chi connectivity index (χ2n) is 4.11. The average Bonchev–Trinajstić information content (AvgIpc) is 2.01. The summed E-state index contributed by atoms with van der Waals surface area (Å²) in [4.78, 5) is 0.997. The fourth-order valence-electron chi connectivity index (χ4n) is 1.41. The van der Waals surface area contributed by atoms with Crippen LogP contribution in [0.3, 0.4) is 0 Å². The third-order valence-corrected chi connectivity index (χ3v) is 2.26. The molecular formula is C12H18OS. The molecule has 0 spiro atoms. The van der Waals surface area contributed by atoms with E-state index in [1.807, 2.05) is 12.1 Å². The SMILES string of the molecule is Cc1cc(S)cc(C)c1OCC(C)C. The van der Waals surface area contributed by atoms with E-state index in [2.05, 4.69) is 40.3 Å². The highest BCUT2D eigenvalue weighted by Crippen LogP contribution is 2.26. The summed E-state index contributed by atoms with van der Waals surface area (Å²) in [5.41, 5.74) is 2.33. The Labute approximate surface area is 91.9 Å². The number of hydrogen-bond donors (Lipinski definition) is 1. The van der Waals surface area contributed by atoms with Crippen molar-refractivity contribution in [1.82, 2.24) is 0 Å². The summed E-state index contributed by atoms with van der Waals surface area (Å²) in [7, 11) is 0. The van der Waals surface area contributed by atoms with Crippen LogP contribution in [0.25, 0.3) is 0 Å². The third kappa shape index (κ3) is 2.95. The molecule has 1 aromatic carbocycles. The summed E-state index contributed by atoms with van der Waals surface area (Å²) >= 11 is 4.32. The van der Waals surface area contributed by atoms with Crippen LogP contribution < -0.4 is 4.74 Å². The highest BCUT2D eigenvalue weighted by Gasteiger charge is 2.05. The van der Waals surface area contributed by atoms with Gasteiger partial charge in [0, 0.05) is 4.90 Å². The lowest BCUT2D eigenvalue weighted by atomic mass is 10.1. The monoisotopic (exact) mass is 210 g/mol. The van der Waals surface area contributed by atoms with Crippen LogP contribution in [0.5, 0.6) is 5.75 Å². The van der Waals surface area contributed by atoms with E-state index in [1.165, 1.54) is 0 Å². The van der Waals surface area contributed by atoms with Gasteiger partial charge in [0.2, 0.25) is 0 Å². The van der Waals surface area contributed by atoms with E-state index in [0.717, 1.165) is 28.4 Å². The van der Waals surface area contributed by atoms with Crippen LogP contribution in [0.2, 0.25) is 0 Å². The van der Waals surface area contributed by atoms with Gasteiger partial charge in [0.05, 0.1) is 6.61 Å². The Hall–Kier alpha value is -0.630. The van der Waals surface area contributed by atoms with Gasteiger partial charge in [0.1, 0.15) is 5.75 Å². The van der Waals surface area contributed by atoms with E-state index in [-0.39, 0.29) is 0 Å². The van der Waals surface area contributed by atoms with Crippen molar-refractivity contribution in [2.75, 3.05) is 6.61 Å². The largest absolute Gasteiger partial charge is 0.493 e. The molecule has 0 aromatic heterocycles. The Balaban J connectivity index is 2.86. The lowest BCUT2D eigenvalue weighted by Crippen LogP contribution is -2.06. The van der Waals surface area contributed by atoms with Crippen molar-refractivity contribution >= 4 is 12.6 Å². The molecule has 0 heterocycles. The maximum atomic E-state index is 5.75.